The van der Waals surface area contributed by atoms with Crippen LogP contribution in [0.3, 0.4) is 0 Å². The van der Waals surface area contributed by atoms with Crippen LogP contribution in [0.1, 0.15) is 0 Å². The van der Waals surface area contributed by atoms with Crippen LogP contribution in [-0.2, 0) is 9.53 Å². The summed E-state index contributed by atoms with van der Waals surface area (Å²) in [5.74, 6) is 0.462. The number of thiazole rings is 1. The fraction of sp³-hybridized carbons (Fsp3) is 0.333. The average Bonchev–Trinajstić information content (AvgIpc) is 2.74. The van der Waals surface area contributed by atoms with E-state index < -0.39 is 0 Å². The van der Waals surface area contributed by atoms with Gasteiger partial charge in [0, 0.05) is 0 Å². The molecule has 0 unspecified atom stereocenters. The molecule has 0 spiro atoms. The predicted octanol–water partition coefficient (Wildman–Crippen LogP) is 1.90. The Hall–Kier alpha value is -1.11. The van der Waals surface area contributed by atoms with Crippen LogP contribution in [0.5, 0.6) is 0 Å². The minimum Gasteiger partial charge on any atom is -0.377 e. The van der Waals surface area contributed by atoms with E-state index in [9.17, 15) is 4.79 Å². The summed E-state index contributed by atoms with van der Waals surface area (Å²) in [5, 5.41) is 2.91. The molecule has 0 atom stereocenters. The molecule has 0 radical (unpaired) electrons. The highest BCUT2D eigenvalue weighted by Crippen LogP contribution is 2.29. The average molecular weight is 280 g/mol. The van der Waals surface area contributed by atoms with Gasteiger partial charge in [-0.15, -0.1) is 11.3 Å². The first kappa shape index (κ1) is 12.0. The highest BCUT2D eigenvalue weighted by atomic mass is 32.2. The number of amides is 1. The molecule has 1 amide bonds. The largest absolute Gasteiger partial charge is 0.377 e. The number of hydrogen-bond acceptors (Lipinski definition) is 5. The van der Waals surface area contributed by atoms with Gasteiger partial charge in [0.15, 0.2) is 4.34 Å². The zero-order chi connectivity index (χ0) is 12.4. The molecule has 3 rings (SSSR count). The Balaban J connectivity index is 1.57. The van der Waals surface area contributed by atoms with Crippen LogP contribution in [0.25, 0.3) is 10.2 Å². The fourth-order valence-corrected chi connectivity index (χ4v) is 3.51. The van der Waals surface area contributed by atoms with E-state index in [0.717, 1.165) is 14.6 Å². The standard InChI is InChI=1S/C12H12N2O2S2/c15-11(13-8-5-16-6-8)7-17-12-14-9-3-1-2-4-10(9)18-12/h1-4,8H,5-7H2,(H,13,15). The third-order valence-corrected chi connectivity index (χ3v) is 4.78. The molecule has 1 aromatic heterocycles. The zero-order valence-corrected chi connectivity index (χ0v) is 11.2. The van der Waals surface area contributed by atoms with Crippen LogP contribution >= 0.6 is 23.1 Å². The monoisotopic (exact) mass is 280 g/mol. The number of benzene rings is 1. The number of carbonyl (C=O) groups is 1. The number of aromatic nitrogens is 1. The second-order valence-electron chi connectivity index (χ2n) is 4.04. The second-order valence-corrected chi connectivity index (χ2v) is 6.29. The number of thioether (sulfide) groups is 1. The lowest BCUT2D eigenvalue weighted by atomic mass is 10.2. The van der Waals surface area contributed by atoms with E-state index in [0.29, 0.717) is 19.0 Å². The van der Waals surface area contributed by atoms with Crippen LogP contribution in [0.4, 0.5) is 0 Å². The molecular formula is C12H12N2O2S2. The number of nitrogens with zero attached hydrogens (tertiary/aromatic N) is 1. The van der Waals surface area contributed by atoms with Gasteiger partial charge in [0.05, 0.1) is 35.2 Å². The molecular weight excluding hydrogens is 268 g/mol. The summed E-state index contributed by atoms with van der Waals surface area (Å²) < 4.78 is 7.11. The SMILES string of the molecule is O=C(CSc1nc2ccccc2s1)NC1COC1. The lowest BCUT2D eigenvalue weighted by Crippen LogP contribution is -2.49. The van der Waals surface area contributed by atoms with Gasteiger partial charge in [-0.05, 0) is 12.1 Å². The molecule has 4 nitrogen and oxygen atoms in total. The van der Waals surface area contributed by atoms with Crippen molar-refractivity contribution < 1.29 is 9.53 Å². The summed E-state index contributed by atoms with van der Waals surface area (Å²) in [6.07, 6.45) is 0. The molecule has 1 aliphatic heterocycles. The van der Waals surface area contributed by atoms with Crippen molar-refractivity contribution in [2.45, 2.75) is 10.4 Å². The van der Waals surface area contributed by atoms with Crippen molar-refractivity contribution in [2.24, 2.45) is 0 Å². The number of para-hydroxylation sites is 1. The number of hydrogen-bond donors (Lipinski definition) is 1. The van der Waals surface area contributed by atoms with Gasteiger partial charge >= 0.3 is 0 Å². The van der Waals surface area contributed by atoms with E-state index in [1.54, 1.807) is 11.3 Å². The lowest BCUT2D eigenvalue weighted by Gasteiger charge is -2.26. The molecule has 18 heavy (non-hydrogen) atoms. The van der Waals surface area contributed by atoms with Crippen molar-refractivity contribution in [3.8, 4) is 0 Å². The van der Waals surface area contributed by atoms with Crippen molar-refractivity contribution in [2.75, 3.05) is 19.0 Å². The van der Waals surface area contributed by atoms with Gasteiger partial charge in [-0.1, -0.05) is 23.9 Å². The molecule has 1 fully saturated rings. The molecule has 1 aromatic carbocycles. The maximum Gasteiger partial charge on any atom is 0.230 e. The van der Waals surface area contributed by atoms with Crippen molar-refractivity contribution in [3.05, 3.63) is 24.3 Å². The first-order chi connectivity index (χ1) is 8.81. The van der Waals surface area contributed by atoms with E-state index in [-0.39, 0.29) is 11.9 Å². The third kappa shape index (κ3) is 2.66. The van der Waals surface area contributed by atoms with Gasteiger partial charge in [0.25, 0.3) is 0 Å². The van der Waals surface area contributed by atoms with Gasteiger partial charge in [-0.2, -0.15) is 0 Å². The van der Waals surface area contributed by atoms with Crippen LogP contribution in [-0.4, -0.2) is 35.9 Å². The number of rotatable bonds is 4. The second kappa shape index (κ2) is 5.26. The molecule has 2 heterocycles. The maximum atomic E-state index is 11.6. The number of nitrogens with one attached hydrogen (secondary N) is 1. The molecule has 0 bridgehead atoms. The van der Waals surface area contributed by atoms with Gasteiger partial charge in [-0.3, -0.25) is 4.79 Å². The third-order valence-electron chi connectivity index (χ3n) is 2.60. The Labute approximate surface area is 113 Å². The maximum absolute atomic E-state index is 11.6. The highest BCUT2D eigenvalue weighted by Gasteiger charge is 2.20. The fourth-order valence-electron chi connectivity index (χ4n) is 1.63. The summed E-state index contributed by atoms with van der Waals surface area (Å²) in [6, 6.07) is 8.20. The smallest absolute Gasteiger partial charge is 0.230 e. The molecule has 6 heteroatoms. The summed E-state index contributed by atoms with van der Waals surface area (Å²) in [5.41, 5.74) is 0.998. The van der Waals surface area contributed by atoms with Crippen LogP contribution < -0.4 is 5.32 Å². The van der Waals surface area contributed by atoms with Gasteiger partial charge < -0.3 is 10.1 Å². The Morgan fingerprint density at radius 2 is 2.33 bits per heavy atom. The number of carbonyl (C=O) groups excluding carboxylic acids is 1. The Morgan fingerprint density at radius 1 is 1.50 bits per heavy atom. The molecule has 1 N–H and O–H groups in total. The zero-order valence-electron chi connectivity index (χ0n) is 9.59. The van der Waals surface area contributed by atoms with E-state index in [1.807, 2.05) is 24.3 Å². The quantitative estimate of drug-likeness (QED) is 0.869. The van der Waals surface area contributed by atoms with Crippen molar-refractivity contribution >= 4 is 39.2 Å². The van der Waals surface area contributed by atoms with Crippen molar-refractivity contribution in [1.29, 1.82) is 0 Å². The Morgan fingerprint density at radius 3 is 3.06 bits per heavy atom. The van der Waals surface area contributed by atoms with E-state index >= 15 is 0 Å². The van der Waals surface area contributed by atoms with Gasteiger partial charge in [0.2, 0.25) is 5.91 Å². The molecule has 1 aliphatic rings. The van der Waals surface area contributed by atoms with Gasteiger partial charge in [-0.25, -0.2) is 4.98 Å². The number of ether oxygens (including phenoxy) is 1. The first-order valence-corrected chi connectivity index (χ1v) is 7.47. The normalized spacial score (nSPS) is 15.6. The number of fused-ring (bicyclic) bond motifs is 1. The first-order valence-electron chi connectivity index (χ1n) is 5.67. The van der Waals surface area contributed by atoms with Crippen LogP contribution in [0.15, 0.2) is 28.6 Å². The lowest BCUT2D eigenvalue weighted by molar-refractivity contribution is -0.122. The summed E-state index contributed by atoms with van der Waals surface area (Å²) in [7, 11) is 0. The Kier molecular flexibility index (Phi) is 3.49. The molecule has 0 aliphatic carbocycles. The van der Waals surface area contributed by atoms with Gasteiger partial charge in [0.1, 0.15) is 0 Å². The Bertz CT molecular complexity index is 533. The van der Waals surface area contributed by atoms with E-state index in [4.69, 9.17) is 4.74 Å². The van der Waals surface area contributed by atoms with E-state index in [2.05, 4.69) is 10.3 Å². The topological polar surface area (TPSA) is 51.2 Å². The predicted molar refractivity (Wildman–Crippen MR) is 73.1 cm³/mol. The molecule has 94 valence electrons. The summed E-state index contributed by atoms with van der Waals surface area (Å²) in [4.78, 5) is 16.1. The molecule has 2 aromatic rings. The van der Waals surface area contributed by atoms with Crippen LogP contribution in [0.2, 0.25) is 0 Å². The van der Waals surface area contributed by atoms with E-state index in [1.165, 1.54) is 11.8 Å². The summed E-state index contributed by atoms with van der Waals surface area (Å²) >= 11 is 3.11. The minimum absolute atomic E-state index is 0.0487. The summed E-state index contributed by atoms with van der Waals surface area (Å²) in [6.45, 7) is 1.27. The van der Waals surface area contributed by atoms with Crippen molar-refractivity contribution in [3.63, 3.8) is 0 Å². The van der Waals surface area contributed by atoms with Crippen LogP contribution in [0, 0.1) is 0 Å². The van der Waals surface area contributed by atoms with Crippen molar-refractivity contribution in [1.82, 2.24) is 10.3 Å². The highest BCUT2D eigenvalue weighted by molar-refractivity contribution is 8.01. The molecule has 0 saturated carbocycles. The molecule has 1 saturated heterocycles. The minimum atomic E-state index is 0.0487.